The van der Waals surface area contributed by atoms with Crippen molar-refractivity contribution < 1.29 is 37.5 Å². The number of hydrogen-bond donors (Lipinski definition) is 5. The lowest BCUT2D eigenvalue weighted by atomic mass is 10.2. The molecule has 0 bridgehead atoms. The van der Waals surface area contributed by atoms with E-state index in [0.717, 1.165) is 18.2 Å². The van der Waals surface area contributed by atoms with Crippen molar-refractivity contribution in [2.75, 3.05) is 17.7 Å². The van der Waals surface area contributed by atoms with Crippen molar-refractivity contribution in [1.82, 2.24) is 0 Å². The molecule has 13 heteroatoms. The highest BCUT2D eigenvalue weighted by atomic mass is 32.2. The van der Waals surface area contributed by atoms with Gasteiger partial charge in [0.2, 0.25) is 0 Å². The number of methoxy groups -OCH3 is 1. The minimum absolute atomic E-state index is 0.143. The number of hydrogen-bond acceptors (Lipinski definition) is 8. The molecule has 12 nitrogen and oxygen atoms in total. The van der Waals surface area contributed by atoms with Crippen LogP contribution >= 0.6 is 0 Å². The van der Waals surface area contributed by atoms with E-state index >= 15 is 0 Å². The first kappa shape index (κ1) is 24.2. The van der Waals surface area contributed by atoms with Crippen molar-refractivity contribution in [2.24, 2.45) is 10.2 Å². The topological polar surface area (TPSA) is 187 Å². The van der Waals surface area contributed by atoms with Crippen LogP contribution < -0.4 is 15.4 Å². The van der Waals surface area contributed by atoms with Gasteiger partial charge in [0.25, 0.3) is 10.1 Å². The lowest BCUT2D eigenvalue weighted by molar-refractivity contribution is 0.0693. The molecule has 0 saturated carbocycles. The fourth-order valence-electron chi connectivity index (χ4n) is 2.74. The van der Waals surface area contributed by atoms with Gasteiger partial charge in [-0.05, 0) is 48.5 Å². The van der Waals surface area contributed by atoms with Crippen molar-refractivity contribution in [3.8, 4) is 11.5 Å². The zero-order valence-electron chi connectivity index (χ0n) is 17.5. The highest BCUT2D eigenvalue weighted by molar-refractivity contribution is 7.85. The summed E-state index contributed by atoms with van der Waals surface area (Å²) in [7, 11) is -3.01. The van der Waals surface area contributed by atoms with Crippen molar-refractivity contribution >= 4 is 44.9 Å². The number of carboxylic acids is 1. The Kier molecular flexibility index (Phi) is 7.09. The van der Waals surface area contributed by atoms with Gasteiger partial charge >= 0.3 is 12.0 Å². The van der Waals surface area contributed by atoms with Crippen LogP contribution in [0.3, 0.4) is 0 Å². The average Bonchev–Trinajstić information content (AvgIpc) is 2.79. The second-order valence-corrected chi connectivity index (χ2v) is 8.09. The highest BCUT2D eigenvalue weighted by Gasteiger charge is 2.13. The maximum atomic E-state index is 12.3. The second-order valence-electron chi connectivity index (χ2n) is 6.67. The molecule has 0 spiro atoms. The number of carboxylic acid groups (broad SMARTS) is 1. The van der Waals surface area contributed by atoms with Crippen molar-refractivity contribution in [3.63, 3.8) is 0 Å². The number of phenols is 1. The van der Waals surface area contributed by atoms with Gasteiger partial charge in [0.1, 0.15) is 17.1 Å². The fraction of sp³-hybridized carbons (Fsp3) is 0.0476. The monoisotopic (exact) mass is 486 g/mol. The van der Waals surface area contributed by atoms with Gasteiger partial charge in [0.05, 0.1) is 29.1 Å². The first-order valence-corrected chi connectivity index (χ1v) is 10.8. The molecule has 0 unspecified atom stereocenters. The predicted molar refractivity (Wildman–Crippen MR) is 121 cm³/mol. The minimum atomic E-state index is -4.38. The Labute approximate surface area is 193 Å². The van der Waals surface area contributed by atoms with E-state index in [1.807, 2.05) is 0 Å². The molecule has 0 aliphatic heterocycles. The SMILES string of the molecule is COc1cc(N=Nc2cccc(S(=O)(=O)O)c2)ccc1NC(=O)Nc1ccc(O)c(C(=O)O)c1. The van der Waals surface area contributed by atoms with E-state index in [1.54, 1.807) is 0 Å². The van der Waals surface area contributed by atoms with Gasteiger partial charge in [-0.1, -0.05) is 6.07 Å². The minimum Gasteiger partial charge on any atom is -0.507 e. The Morgan fingerprint density at radius 3 is 2.29 bits per heavy atom. The molecular formula is C21H18N4O8S. The first-order valence-electron chi connectivity index (χ1n) is 9.38. The number of benzene rings is 3. The summed E-state index contributed by atoms with van der Waals surface area (Å²) in [5.74, 6) is -1.55. The molecule has 0 aromatic heterocycles. The number of urea groups is 1. The van der Waals surface area contributed by atoms with Crippen LogP contribution in [0.1, 0.15) is 10.4 Å². The maximum Gasteiger partial charge on any atom is 0.339 e. The van der Waals surface area contributed by atoms with Crippen LogP contribution in [0.5, 0.6) is 11.5 Å². The van der Waals surface area contributed by atoms with Gasteiger partial charge in [-0.3, -0.25) is 4.55 Å². The molecule has 0 heterocycles. The number of carbonyl (C=O) groups excluding carboxylic acids is 1. The van der Waals surface area contributed by atoms with Gasteiger partial charge < -0.3 is 25.6 Å². The Balaban J connectivity index is 1.74. The van der Waals surface area contributed by atoms with E-state index in [0.29, 0.717) is 5.69 Å². The molecule has 0 atom stereocenters. The number of aromatic hydroxyl groups is 1. The molecule has 0 radical (unpaired) electrons. The molecule has 176 valence electrons. The smallest absolute Gasteiger partial charge is 0.339 e. The lowest BCUT2D eigenvalue weighted by Gasteiger charge is -2.12. The van der Waals surface area contributed by atoms with Crippen LogP contribution in [0, 0.1) is 0 Å². The van der Waals surface area contributed by atoms with Crippen LogP contribution in [0.4, 0.5) is 27.5 Å². The van der Waals surface area contributed by atoms with Crippen LogP contribution in [0.15, 0.2) is 75.8 Å². The second kappa shape index (κ2) is 9.97. The largest absolute Gasteiger partial charge is 0.507 e. The zero-order valence-corrected chi connectivity index (χ0v) is 18.3. The third-order valence-electron chi connectivity index (χ3n) is 4.31. The summed E-state index contributed by atoms with van der Waals surface area (Å²) in [4.78, 5) is 23.1. The summed E-state index contributed by atoms with van der Waals surface area (Å²) in [6.07, 6.45) is 0. The Morgan fingerprint density at radius 1 is 0.941 bits per heavy atom. The van der Waals surface area contributed by atoms with Crippen molar-refractivity contribution in [3.05, 3.63) is 66.2 Å². The number of aromatic carboxylic acids is 1. The highest BCUT2D eigenvalue weighted by Crippen LogP contribution is 2.31. The van der Waals surface area contributed by atoms with Crippen LogP contribution in [0.2, 0.25) is 0 Å². The molecule has 3 rings (SSSR count). The van der Waals surface area contributed by atoms with Crippen molar-refractivity contribution in [2.45, 2.75) is 4.90 Å². The summed E-state index contributed by atoms with van der Waals surface area (Å²) in [5.41, 5.74) is 0.552. The molecule has 0 aliphatic rings. The van der Waals surface area contributed by atoms with Crippen LogP contribution in [-0.4, -0.2) is 42.3 Å². The molecular weight excluding hydrogens is 468 g/mol. The van der Waals surface area contributed by atoms with E-state index < -0.39 is 27.9 Å². The molecule has 0 aliphatic carbocycles. The number of carbonyl (C=O) groups is 2. The summed E-state index contributed by atoms with van der Waals surface area (Å²) in [6.45, 7) is 0. The Morgan fingerprint density at radius 2 is 1.65 bits per heavy atom. The van der Waals surface area contributed by atoms with E-state index in [-0.39, 0.29) is 33.3 Å². The Bertz CT molecular complexity index is 1390. The van der Waals surface area contributed by atoms with Crippen molar-refractivity contribution in [1.29, 1.82) is 0 Å². The number of anilines is 2. The standard InChI is InChI=1S/C21H18N4O8S/c1-33-19-11-14(25-24-13-3-2-4-15(9-13)34(30,31)32)5-7-17(19)23-21(29)22-12-6-8-18(26)16(10-12)20(27)28/h2-11,26H,1H3,(H,27,28)(H2,22,23,29)(H,30,31,32). The quantitative estimate of drug-likeness (QED) is 0.184. The molecule has 3 aromatic rings. The van der Waals surface area contributed by atoms with Gasteiger partial charge in [0.15, 0.2) is 0 Å². The molecule has 0 fully saturated rings. The van der Waals surface area contributed by atoms with Crippen LogP contribution in [-0.2, 0) is 10.1 Å². The number of nitrogens with zero attached hydrogens (tertiary/aromatic N) is 2. The Hall–Kier alpha value is -4.49. The zero-order chi connectivity index (χ0) is 24.9. The van der Waals surface area contributed by atoms with Gasteiger partial charge in [-0.25, -0.2) is 9.59 Å². The molecule has 0 saturated heterocycles. The summed E-state index contributed by atoms with van der Waals surface area (Å²) < 4.78 is 36.8. The number of ether oxygens (including phenoxy) is 1. The summed E-state index contributed by atoms with van der Waals surface area (Å²) >= 11 is 0. The van der Waals surface area contributed by atoms with Gasteiger partial charge in [0, 0.05) is 11.8 Å². The number of nitrogens with one attached hydrogen (secondary N) is 2. The molecule has 5 N–H and O–H groups in total. The van der Waals surface area contributed by atoms with Gasteiger partial charge in [-0.15, -0.1) is 0 Å². The first-order chi connectivity index (χ1) is 16.1. The average molecular weight is 486 g/mol. The molecule has 3 aromatic carbocycles. The van der Waals surface area contributed by atoms with E-state index in [4.69, 9.17) is 14.4 Å². The fourth-order valence-corrected chi connectivity index (χ4v) is 3.26. The predicted octanol–water partition coefficient (Wildman–Crippen LogP) is 4.41. The van der Waals surface area contributed by atoms with E-state index in [1.165, 1.54) is 49.6 Å². The number of azo groups is 1. The summed E-state index contributed by atoms with van der Waals surface area (Å²) in [6, 6.07) is 12.6. The number of amides is 2. The normalized spacial score (nSPS) is 11.2. The number of rotatable bonds is 7. The third-order valence-corrected chi connectivity index (χ3v) is 5.16. The molecule has 34 heavy (non-hydrogen) atoms. The maximum absolute atomic E-state index is 12.3. The van der Waals surface area contributed by atoms with Gasteiger partial charge in [-0.2, -0.15) is 18.6 Å². The van der Waals surface area contributed by atoms with E-state index in [9.17, 15) is 23.1 Å². The lowest BCUT2D eigenvalue weighted by Crippen LogP contribution is -2.20. The van der Waals surface area contributed by atoms with Crippen LogP contribution in [0.25, 0.3) is 0 Å². The molecule has 2 amide bonds. The third kappa shape index (κ3) is 6.05. The van der Waals surface area contributed by atoms with E-state index in [2.05, 4.69) is 20.9 Å². The summed E-state index contributed by atoms with van der Waals surface area (Å²) in [5, 5.41) is 31.5.